The average molecular weight is 213 g/mol. The lowest BCUT2D eigenvalue weighted by Crippen LogP contribution is -2.14. The fourth-order valence-electron chi connectivity index (χ4n) is 2.88. The maximum atomic E-state index is 11.8. The van der Waals surface area contributed by atoms with Crippen molar-refractivity contribution in [3.05, 3.63) is 34.4 Å². The maximum absolute atomic E-state index is 11.8. The Balaban J connectivity index is 2.19. The van der Waals surface area contributed by atoms with Crippen LogP contribution in [0.5, 0.6) is 0 Å². The second-order valence-corrected chi connectivity index (χ2v) is 4.75. The Labute approximate surface area is 95.2 Å². The molecule has 1 aromatic carbocycles. The number of carbonyl (C=O) groups is 1. The molecule has 0 spiro atoms. The highest BCUT2D eigenvalue weighted by molar-refractivity contribution is 6.04. The number of allylic oxidation sites excluding steroid dienone is 1. The van der Waals surface area contributed by atoms with Gasteiger partial charge in [0.15, 0.2) is 5.78 Å². The normalized spacial score (nSPS) is 22.7. The number of hydrogen-bond acceptors (Lipinski definition) is 2. The van der Waals surface area contributed by atoms with Crippen LogP contribution in [0.3, 0.4) is 0 Å². The first-order valence-corrected chi connectivity index (χ1v) is 5.82. The van der Waals surface area contributed by atoms with Crippen LogP contribution in [0.15, 0.2) is 17.7 Å². The van der Waals surface area contributed by atoms with Crippen molar-refractivity contribution in [2.45, 2.75) is 32.1 Å². The molecule has 2 aliphatic rings. The predicted octanol–water partition coefficient (Wildman–Crippen LogP) is 2.81. The number of rotatable bonds is 0. The smallest absolute Gasteiger partial charge is 0.159 e. The Hall–Kier alpha value is -1.57. The van der Waals surface area contributed by atoms with Gasteiger partial charge in [0.2, 0.25) is 0 Å². The van der Waals surface area contributed by atoms with Crippen molar-refractivity contribution in [1.29, 1.82) is 0 Å². The molecular weight excluding hydrogens is 198 g/mol. The molecule has 0 bridgehead atoms. The van der Waals surface area contributed by atoms with Crippen molar-refractivity contribution < 1.29 is 4.79 Å². The summed E-state index contributed by atoms with van der Waals surface area (Å²) in [6.45, 7) is 2.03. The summed E-state index contributed by atoms with van der Waals surface area (Å²) in [5.41, 5.74) is 11.3. The van der Waals surface area contributed by atoms with E-state index in [9.17, 15) is 4.79 Å². The Morgan fingerprint density at radius 1 is 1.38 bits per heavy atom. The highest BCUT2D eigenvalue weighted by Gasteiger charge is 2.33. The lowest BCUT2D eigenvalue weighted by molar-refractivity contribution is -0.116. The van der Waals surface area contributed by atoms with Gasteiger partial charge in [0.1, 0.15) is 0 Å². The van der Waals surface area contributed by atoms with Crippen LogP contribution < -0.4 is 5.73 Å². The second-order valence-electron chi connectivity index (χ2n) is 4.75. The fraction of sp³-hybridized carbons (Fsp3) is 0.357. The minimum atomic E-state index is 0.324. The van der Waals surface area contributed by atoms with Crippen LogP contribution in [-0.4, -0.2) is 5.78 Å². The molecule has 2 N–H and O–H groups in total. The average Bonchev–Trinajstić information content (AvgIpc) is 2.65. The molecular formula is C14H15NO. The zero-order valence-electron chi connectivity index (χ0n) is 9.42. The Kier molecular flexibility index (Phi) is 1.93. The van der Waals surface area contributed by atoms with E-state index in [1.165, 1.54) is 11.1 Å². The highest BCUT2D eigenvalue weighted by Crippen LogP contribution is 2.45. The second kappa shape index (κ2) is 3.21. The summed E-state index contributed by atoms with van der Waals surface area (Å²) in [7, 11) is 0. The van der Waals surface area contributed by atoms with E-state index < -0.39 is 0 Å². The molecule has 16 heavy (non-hydrogen) atoms. The lowest BCUT2D eigenvalue weighted by atomic mass is 9.82. The van der Waals surface area contributed by atoms with Gasteiger partial charge in [-0.25, -0.2) is 0 Å². The van der Waals surface area contributed by atoms with Crippen LogP contribution in [0.25, 0.3) is 6.08 Å². The first-order valence-electron chi connectivity index (χ1n) is 5.82. The lowest BCUT2D eigenvalue weighted by Gasteiger charge is -2.21. The summed E-state index contributed by atoms with van der Waals surface area (Å²) in [4.78, 5) is 11.8. The van der Waals surface area contributed by atoms with E-state index in [4.69, 9.17) is 5.73 Å². The number of carbonyl (C=O) groups excluding carboxylic acids is 1. The molecule has 82 valence electrons. The van der Waals surface area contributed by atoms with Crippen LogP contribution in [-0.2, 0) is 4.79 Å². The van der Waals surface area contributed by atoms with Gasteiger partial charge in [0.25, 0.3) is 0 Å². The maximum Gasteiger partial charge on any atom is 0.159 e. The third-order valence-corrected chi connectivity index (χ3v) is 3.86. The minimum absolute atomic E-state index is 0.324. The molecule has 3 rings (SSSR count). The summed E-state index contributed by atoms with van der Waals surface area (Å²) in [6.07, 6.45) is 4.90. The molecule has 1 atom stereocenters. The molecule has 2 aliphatic carbocycles. The van der Waals surface area contributed by atoms with Crippen molar-refractivity contribution >= 4 is 17.5 Å². The van der Waals surface area contributed by atoms with E-state index in [-0.39, 0.29) is 0 Å². The van der Waals surface area contributed by atoms with Crippen LogP contribution in [0, 0.1) is 6.92 Å². The molecule has 1 fully saturated rings. The molecule has 0 aromatic heterocycles. The van der Waals surface area contributed by atoms with Crippen molar-refractivity contribution in [3.8, 4) is 0 Å². The van der Waals surface area contributed by atoms with Gasteiger partial charge in [-0.2, -0.15) is 0 Å². The third-order valence-electron chi connectivity index (χ3n) is 3.86. The van der Waals surface area contributed by atoms with Gasteiger partial charge >= 0.3 is 0 Å². The summed E-state index contributed by atoms with van der Waals surface area (Å²) in [5, 5.41) is 0. The first kappa shape index (κ1) is 9.64. The molecule has 0 heterocycles. The zero-order chi connectivity index (χ0) is 11.3. The third kappa shape index (κ3) is 1.16. The molecule has 1 unspecified atom stereocenters. The van der Waals surface area contributed by atoms with E-state index in [0.29, 0.717) is 18.1 Å². The molecule has 1 aromatic rings. The van der Waals surface area contributed by atoms with Crippen molar-refractivity contribution in [3.63, 3.8) is 0 Å². The van der Waals surface area contributed by atoms with Crippen LogP contribution >= 0.6 is 0 Å². The Morgan fingerprint density at radius 2 is 2.19 bits per heavy atom. The minimum Gasteiger partial charge on any atom is -0.398 e. The number of nitrogens with two attached hydrogens (primary N) is 1. The van der Waals surface area contributed by atoms with Gasteiger partial charge in [-0.3, -0.25) is 4.79 Å². The number of anilines is 1. The van der Waals surface area contributed by atoms with Crippen molar-refractivity contribution in [2.75, 3.05) is 5.73 Å². The molecule has 0 aliphatic heterocycles. The number of Topliss-reactive ketones (excluding diaryl/α,β-unsaturated/α-hetero) is 1. The SMILES string of the molecule is Cc1c(N)ccc2c1C=C1C(=O)CCCC12. The topological polar surface area (TPSA) is 43.1 Å². The van der Waals surface area contributed by atoms with Gasteiger partial charge in [0, 0.05) is 23.6 Å². The van der Waals surface area contributed by atoms with Crippen LogP contribution in [0.4, 0.5) is 5.69 Å². The Bertz CT molecular complexity index is 514. The van der Waals surface area contributed by atoms with E-state index >= 15 is 0 Å². The summed E-state index contributed by atoms with van der Waals surface area (Å²) in [5.74, 6) is 0.668. The van der Waals surface area contributed by atoms with E-state index in [0.717, 1.165) is 29.7 Å². The van der Waals surface area contributed by atoms with Gasteiger partial charge in [-0.1, -0.05) is 6.07 Å². The first-order chi connectivity index (χ1) is 7.68. The summed E-state index contributed by atoms with van der Waals surface area (Å²) >= 11 is 0. The summed E-state index contributed by atoms with van der Waals surface area (Å²) < 4.78 is 0. The number of ketones is 1. The monoisotopic (exact) mass is 213 g/mol. The number of nitrogen functional groups attached to an aromatic ring is 1. The van der Waals surface area contributed by atoms with Crippen LogP contribution in [0.2, 0.25) is 0 Å². The van der Waals surface area contributed by atoms with E-state index in [2.05, 4.69) is 12.1 Å². The number of hydrogen-bond donors (Lipinski definition) is 1. The van der Waals surface area contributed by atoms with Gasteiger partial charge in [-0.15, -0.1) is 0 Å². The molecule has 0 radical (unpaired) electrons. The Morgan fingerprint density at radius 3 is 3.00 bits per heavy atom. The molecule has 0 amide bonds. The number of fused-ring (bicyclic) bond motifs is 3. The van der Waals surface area contributed by atoms with Gasteiger partial charge in [-0.05, 0) is 48.6 Å². The van der Waals surface area contributed by atoms with Crippen LogP contribution in [0.1, 0.15) is 41.9 Å². The largest absolute Gasteiger partial charge is 0.398 e. The van der Waals surface area contributed by atoms with E-state index in [1.807, 2.05) is 13.0 Å². The number of benzene rings is 1. The van der Waals surface area contributed by atoms with Gasteiger partial charge in [0.05, 0.1) is 0 Å². The standard InChI is InChI=1S/C14H15NO/c1-8-11-7-12-9(3-2-4-14(12)16)10(11)5-6-13(8)15/h5-7,9H,2-4,15H2,1H3. The molecule has 2 heteroatoms. The predicted molar refractivity (Wildman–Crippen MR) is 65.2 cm³/mol. The molecule has 2 nitrogen and oxygen atoms in total. The van der Waals surface area contributed by atoms with E-state index in [1.54, 1.807) is 0 Å². The summed E-state index contributed by atoms with van der Waals surface area (Å²) in [6, 6.07) is 4.05. The van der Waals surface area contributed by atoms with Gasteiger partial charge < -0.3 is 5.73 Å². The zero-order valence-corrected chi connectivity index (χ0v) is 9.42. The van der Waals surface area contributed by atoms with Crippen molar-refractivity contribution in [1.82, 2.24) is 0 Å². The molecule has 0 saturated heterocycles. The highest BCUT2D eigenvalue weighted by atomic mass is 16.1. The fourth-order valence-corrected chi connectivity index (χ4v) is 2.88. The molecule has 1 saturated carbocycles. The quantitative estimate of drug-likeness (QED) is 0.673. The van der Waals surface area contributed by atoms with Crippen molar-refractivity contribution in [2.24, 2.45) is 0 Å².